The third-order valence-corrected chi connectivity index (χ3v) is 5.08. The van der Waals surface area contributed by atoms with Crippen molar-refractivity contribution in [2.45, 2.75) is 78.6 Å². The molecular weight excluding hydrogens is 342 g/mol. The van der Waals surface area contributed by atoms with Gasteiger partial charge in [-0.25, -0.2) is 9.48 Å². The fraction of sp³-hybridized carbons (Fsp3) is 0.842. The predicted octanol–water partition coefficient (Wildman–Crippen LogP) is 1.06. The van der Waals surface area contributed by atoms with Crippen LogP contribution < -0.4 is 16.3 Å². The molecule has 1 aliphatic rings. The van der Waals surface area contributed by atoms with Crippen LogP contribution in [0, 0.1) is 0 Å². The van der Waals surface area contributed by atoms with Crippen molar-refractivity contribution in [3.8, 4) is 0 Å². The van der Waals surface area contributed by atoms with E-state index in [2.05, 4.69) is 53.3 Å². The number of hydrogen-bond donors (Lipinski definition) is 2. The van der Waals surface area contributed by atoms with Gasteiger partial charge in [0.15, 0.2) is 5.96 Å². The summed E-state index contributed by atoms with van der Waals surface area (Å²) in [5.74, 6) is 1.75. The van der Waals surface area contributed by atoms with E-state index in [0.29, 0.717) is 18.6 Å². The Hall–Kier alpha value is -1.83. The number of guanidine groups is 1. The first-order valence-electron chi connectivity index (χ1n) is 10.3. The lowest BCUT2D eigenvalue weighted by Crippen LogP contribution is -2.45. The molecule has 0 saturated heterocycles. The Kier molecular flexibility index (Phi) is 8.34. The summed E-state index contributed by atoms with van der Waals surface area (Å²) in [7, 11) is 1.78. The number of aromatic nitrogens is 3. The van der Waals surface area contributed by atoms with Crippen LogP contribution in [0.5, 0.6) is 0 Å². The van der Waals surface area contributed by atoms with E-state index in [1.165, 1.54) is 0 Å². The molecule has 0 aromatic carbocycles. The highest BCUT2D eigenvalue weighted by Gasteiger charge is 2.16. The first kappa shape index (κ1) is 21.5. The third-order valence-electron chi connectivity index (χ3n) is 5.08. The fourth-order valence-electron chi connectivity index (χ4n) is 3.67. The van der Waals surface area contributed by atoms with Gasteiger partial charge in [0, 0.05) is 58.3 Å². The van der Waals surface area contributed by atoms with E-state index < -0.39 is 0 Å². The van der Waals surface area contributed by atoms with Gasteiger partial charge in [0.25, 0.3) is 0 Å². The van der Waals surface area contributed by atoms with Crippen molar-refractivity contribution in [3.05, 3.63) is 16.3 Å². The molecule has 0 atom stereocenters. The predicted molar refractivity (Wildman–Crippen MR) is 110 cm³/mol. The highest BCUT2D eigenvalue weighted by Crippen LogP contribution is 2.09. The summed E-state index contributed by atoms with van der Waals surface area (Å²) < 4.78 is 3.44. The van der Waals surface area contributed by atoms with Gasteiger partial charge in [-0.1, -0.05) is 0 Å². The maximum absolute atomic E-state index is 12.3. The van der Waals surface area contributed by atoms with Crippen molar-refractivity contribution in [3.63, 3.8) is 0 Å². The Labute approximate surface area is 163 Å². The lowest BCUT2D eigenvalue weighted by atomic mass is 10.2. The number of rotatable bonds is 9. The maximum atomic E-state index is 12.3. The van der Waals surface area contributed by atoms with Crippen molar-refractivity contribution in [1.29, 1.82) is 0 Å². The molecule has 1 aliphatic heterocycles. The SMILES string of the molecule is CN=C(NCCCn1nc2n(c1=O)CCCC2)NCCN(C(C)C)C(C)C. The van der Waals surface area contributed by atoms with Crippen molar-refractivity contribution in [1.82, 2.24) is 29.9 Å². The van der Waals surface area contributed by atoms with Crippen LogP contribution in [-0.2, 0) is 19.5 Å². The van der Waals surface area contributed by atoms with Crippen LogP contribution in [0.1, 0.15) is 52.8 Å². The second kappa shape index (κ2) is 10.5. The fourth-order valence-corrected chi connectivity index (χ4v) is 3.67. The van der Waals surface area contributed by atoms with E-state index in [0.717, 1.165) is 63.6 Å². The Morgan fingerprint density at radius 2 is 1.89 bits per heavy atom. The molecule has 0 amide bonds. The zero-order valence-electron chi connectivity index (χ0n) is 17.7. The average Bonchev–Trinajstić information content (AvgIpc) is 2.96. The van der Waals surface area contributed by atoms with Crippen LogP contribution >= 0.6 is 0 Å². The Morgan fingerprint density at radius 1 is 1.19 bits per heavy atom. The summed E-state index contributed by atoms with van der Waals surface area (Å²) in [5.41, 5.74) is 0.0367. The van der Waals surface area contributed by atoms with Gasteiger partial charge in [-0.15, -0.1) is 0 Å². The summed E-state index contributed by atoms with van der Waals surface area (Å²) >= 11 is 0. The highest BCUT2D eigenvalue weighted by atomic mass is 16.2. The van der Waals surface area contributed by atoms with E-state index >= 15 is 0 Å². The average molecular weight is 380 g/mol. The molecule has 27 heavy (non-hydrogen) atoms. The first-order chi connectivity index (χ1) is 12.9. The monoisotopic (exact) mass is 379 g/mol. The van der Waals surface area contributed by atoms with E-state index in [1.807, 2.05) is 4.57 Å². The molecule has 8 nitrogen and oxygen atoms in total. The zero-order valence-corrected chi connectivity index (χ0v) is 17.7. The van der Waals surface area contributed by atoms with Crippen LogP contribution in [-0.4, -0.2) is 64.0 Å². The van der Waals surface area contributed by atoms with Gasteiger partial charge in [-0.2, -0.15) is 5.10 Å². The molecule has 0 aliphatic carbocycles. The van der Waals surface area contributed by atoms with Crippen LogP contribution in [0.3, 0.4) is 0 Å². The van der Waals surface area contributed by atoms with Crippen molar-refractivity contribution < 1.29 is 0 Å². The van der Waals surface area contributed by atoms with E-state index in [1.54, 1.807) is 11.7 Å². The molecule has 0 unspecified atom stereocenters. The van der Waals surface area contributed by atoms with E-state index in [9.17, 15) is 4.79 Å². The molecule has 2 heterocycles. The quantitative estimate of drug-likeness (QED) is 0.381. The largest absolute Gasteiger partial charge is 0.356 e. The standard InChI is InChI=1S/C19H37N7O/c1-15(2)24(16(3)4)14-11-22-18(20-5)21-10-8-13-26-19(27)25-12-7-6-9-17(25)23-26/h15-16H,6-14H2,1-5H3,(H2,20,21,22). The first-order valence-corrected chi connectivity index (χ1v) is 10.3. The van der Waals surface area contributed by atoms with Gasteiger partial charge in [-0.05, 0) is 47.0 Å². The molecule has 2 rings (SSSR count). The Bertz CT molecular complexity index is 652. The summed E-state index contributed by atoms with van der Waals surface area (Å²) in [6, 6.07) is 1.06. The topological polar surface area (TPSA) is 79.5 Å². The summed E-state index contributed by atoms with van der Waals surface area (Å²) in [5, 5.41) is 11.2. The van der Waals surface area contributed by atoms with Crippen molar-refractivity contribution >= 4 is 5.96 Å². The van der Waals surface area contributed by atoms with Crippen molar-refractivity contribution in [2.75, 3.05) is 26.7 Å². The molecule has 2 N–H and O–H groups in total. The van der Waals surface area contributed by atoms with Crippen LogP contribution in [0.15, 0.2) is 9.79 Å². The maximum Gasteiger partial charge on any atom is 0.345 e. The molecule has 1 aromatic heterocycles. The molecular formula is C19H37N7O. The second-order valence-electron chi connectivity index (χ2n) is 7.74. The van der Waals surface area contributed by atoms with Gasteiger partial charge < -0.3 is 10.6 Å². The molecule has 1 aromatic rings. The molecule has 0 saturated carbocycles. The molecule has 0 radical (unpaired) electrons. The van der Waals surface area contributed by atoms with Crippen molar-refractivity contribution in [2.24, 2.45) is 4.99 Å². The van der Waals surface area contributed by atoms with E-state index in [-0.39, 0.29) is 5.69 Å². The number of fused-ring (bicyclic) bond motifs is 1. The van der Waals surface area contributed by atoms with Gasteiger partial charge in [-0.3, -0.25) is 14.5 Å². The number of hydrogen-bond acceptors (Lipinski definition) is 4. The number of aliphatic imine (C=N–C) groups is 1. The normalized spacial score (nSPS) is 14.9. The van der Waals surface area contributed by atoms with Gasteiger partial charge in [0.2, 0.25) is 0 Å². The number of aryl methyl sites for hydroxylation is 2. The van der Waals surface area contributed by atoms with Gasteiger partial charge >= 0.3 is 5.69 Å². The van der Waals surface area contributed by atoms with Crippen LogP contribution in [0.2, 0.25) is 0 Å². The summed E-state index contributed by atoms with van der Waals surface area (Å²) in [6.07, 6.45) is 3.96. The van der Waals surface area contributed by atoms with Crippen LogP contribution in [0.25, 0.3) is 0 Å². The molecule has 0 fully saturated rings. The van der Waals surface area contributed by atoms with Gasteiger partial charge in [0.05, 0.1) is 0 Å². The number of nitrogens with one attached hydrogen (secondary N) is 2. The van der Waals surface area contributed by atoms with E-state index in [4.69, 9.17) is 0 Å². The molecule has 0 bridgehead atoms. The Morgan fingerprint density at radius 3 is 2.52 bits per heavy atom. The zero-order chi connectivity index (χ0) is 19.8. The summed E-state index contributed by atoms with van der Waals surface area (Å²) in [6.45, 7) is 12.9. The molecule has 0 spiro atoms. The molecule has 154 valence electrons. The smallest absolute Gasteiger partial charge is 0.345 e. The number of nitrogens with zero attached hydrogens (tertiary/aromatic N) is 5. The van der Waals surface area contributed by atoms with Gasteiger partial charge in [0.1, 0.15) is 5.82 Å². The minimum atomic E-state index is 0.0367. The minimum Gasteiger partial charge on any atom is -0.356 e. The summed E-state index contributed by atoms with van der Waals surface area (Å²) in [4.78, 5) is 19.0. The third kappa shape index (κ3) is 6.09. The minimum absolute atomic E-state index is 0.0367. The lowest BCUT2D eigenvalue weighted by molar-refractivity contribution is 0.178. The Balaban J connectivity index is 1.71. The highest BCUT2D eigenvalue weighted by molar-refractivity contribution is 5.79. The second-order valence-corrected chi connectivity index (χ2v) is 7.74. The van der Waals surface area contributed by atoms with Crippen LogP contribution in [0.4, 0.5) is 0 Å². The molecule has 8 heteroatoms. The lowest BCUT2D eigenvalue weighted by Gasteiger charge is -2.30.